The first-order chi connectivity index (χ1) is 9.22. The largest absolute Gasteiger partial charge is 0.381 e. The minimum atomic E-state index is 0.324. The van der Waals surface area contributed by atoms with Crippen LogP contribution in [0.25, 0.3) is 0 Å². The maximum Gasteiger partial charge on any atom is 0.0553 e. The maximum atomic E-state index is 5.73. The van der Waals surface area contributed by atoms with Crippen molar-refractivity contribution in [2.75, 3.05) is 19.8 Å². The molecule has 2 nitrogen and oxygen atoms in total. The molecule has 0 saturated carbocycles. The number of hydrogen-bond donors (Lipinski definition) is 0. The van der Waals surface area contributed by atoms with Gasteiger partial charge in [-0.2, -0.15) is 0 Å². The summed E-state index contributed by atoms with van der Waals surface area (Å²) < 4.78 is 12.6. The number of ether oxygens (including phenoxy) is 2. The molecule has 1 saturated heterocycles. The smallest absolute Gasteiger partial charge is 0.0553 e. The standard InChI is InChI=1S/C16H25BrO2/c1-3-19-12(2)11-15-14(5-4-6-16(15)17)13-7-9-18-10-8-13/h4-6,12-15H,3,7-11H2,1-2H3/t12?,14?,15-/m0/s1. The van der Waals surface area contributed by atoms with Gasteiger partial charge in [-0.05, 0) is 55.3 Å². The van der Waals surface area contributed by atoms with Gasteiger partial charge in [0.05, 0.1) is 6.10 Å². The predicted octanol–water partition coefficient (Wildman–Crippen LogP) is 4.31. The molecule has 1 aliphatic heterocycles. The first kappa shape index (κ1) is 15.3. The van der Waals surface area contributed by atoms with E-state index in [4.69, 9.17) is 9.47 Å². The van der Waals surface area contributed by atoms with E-state index >= 15 is 0 Å². The first-order valence-corrected chi connectivity index (χ1v) is 8.25. The zero-order valence-electron chi connectivity index (χ0n) is 12.0. The lowest BCUT2D eigenvalue weighted by atomic mass is 9.74. The van der Waals surface area contributed by atoms with Gasteiger partial charge in [-0.15, -0.1) is 0 Å². The van der Waals surface area contributed by atoms with Crippen LogP contribution in [0, 0.1) is 17.8 Å². The lowest BCUT2D eigenvalue weighted by Gasteiger charge is -2.36. The van der Waals surface area contributed by atoms with Gasteiger partial charge in [0.25, 0.3) is 0 Å². The van der Waals surface area contributed by atoms with Gasteiger partial charge < -0.3 is 9.47 Å². The van der Waals surface area contributed by atoms with E-state index in [0.29, 0.717) is 17.9 Å². The van der Waals surface area contributed by atoms with E-state index in [1.807, 2.05) is 0 Å². The van der Waals surface area contributed by atoms with E-state index in [2.05, 4.69) is 48.0 Å². The fourth-order valence-electron chi connectivity index (χ4n) is 3.28. The van der Waals surface area contributed by atoms with Gasteiger partial charge in [-0.3, -0.25) is 0 Å². The average Bonchev–Trinajstić information content (AvgIpc) is 2.42. The molecule has 3 atom stereocenters. The summed E-state index contributed by atoms with van der Waals surface area (Å²) in [6.07, 6.45) is 10.6. The van der Waals surface area contributed by atoms with Crippen LogP contribution < -0.4 is 0 Å². The van der Waals surface area contributed by atoms with Crippen molar-refractivity contribution in [2.24, 2.45) is 17.8 Å². The molecule has 3 heteroatoms. The van der Waals surface area contributed by atoms with E-state index in [0.717, 1.165) is 32.2 Å². The molecule has 1 heterocycles. The SMILES string of the molecule is CCOC(C)C[C@@H]1C(Br)=CC=CC1C1CCOCC1. The summed E-state index contributed by atoms with van der Waals surface area (Å²) >= 11 is 3.76. The number of allylic oxidation sites excluding steroid dienone is 4. The van der Waals surface area contributed by atoms with Crippen LogP contribution in [0.1, 0.15) is 33.1 Å². The van der Waals surface area contributed by atoms with Gasteiger partial charge in [0.2, 0.25) is 0 Å². The monoisotopic (exact) mass is 328 g/mol. The van der Waals surface area contributed by atoms with Crippen LogP contribution in [-0.4, -0.2) is 25.9 Å². The second-order valence-electron chi connectivity index (χ2n) is 5.57. The molecule has 19 heavy (non-hydrogen) atoms. The van der Waals surface area contributed by atoms with Crippen LogP contribution in [0.4, 0.5) is 0 Å². The minimum absolute atomic E-state index is 0.324. The summed E-state index contributed by atoms with van der Waals surface area (Å²) in [4.78, 5) is 0. The molecule has 0 spiro atoms. The molecule has 2 aliphatic rings. The van der Waals surface area contributed by atoms with Crippen molar-refractivity contribution in [3.63, 3.8) is 0 Å². The van der Waals surface area contributed by atoms with E-state index < -0.39 is 0 Å². The van der Waals surface area contributed by atoms with E-state index in [1.165, 1.54) is 17.3 Å². The van der Waals surface area contributed by atoms with Crippen molar-refractivity contribution in [3.8, 4) is 0 Å². The molecule has 0 N–H and O–H groups in total. The van der Waals surface area contributed by atoms with E-state index in [1.54, 1.807) is 0 Å². The highest BCUT2D eigenvalue weighted by Gasteiger charge is 2.32. The Balaban J connectivity index is 2.02. The number of rotatable bonds is 5. The molecule has 0 aromatic rings. The third kappa shape index (κ3) is 4.17. The van der Waals surface area contributed by atoms with Crippen LogP contribution in [-0.2, 0) is 9.47 Å². The van der Waals surface area contributed by atoms with Gasteiger partial charge in [0, 0.05) is 19.8 Å². The van der Waals surface area contributed by atoms with E-state index in [9.17, 15) is 0 Å². The van der Waals surface area contributed by atoms with Crippen molar-refractivity contribution < 1.29 is 9.47 Å². The van der Waals surface area contributed by atoms with Crippen molar-refractivity contribution >= 4 is 15.9 Å². The van der Waals surface area contributed by atoms with E-state index in [-0.39, 0.29) is 0 Å². The van der Waals surface area contributed by atoms with Crippen molar-refractivity contribution in [1.82, 2.24) is 0 Å². The summed E-state index contributed by atoms with van der Waals surface area (Å²) in [5.74, 6) is 1.95. The van der Waals surface area contributed by atoms with Crippen LogP contribution in [0.15, 0.2) is 22.7 Å². The van der Waals surface area contributed by atoms with Crippen molar-refractivity contribution in [2.45, 2.75) is 39.2 Å². The fourth-order valence-corrected chi connectivity index (χ4v) is 3.93. The molecule has 1 fully saturated rings. The quantitative estimate of drug-likeness (QED) is 0.748. The Morgan fingerprint density at radius 2 is 2.16 bits per heavy atom. The summed E-state index contributed by atoms with van der Waals surface area (Å²) in [6.45, 7) is 6.89. The van der Waals surface area contributed by atoms with Gasteiger partial charge in [0.1, 0.15) is 0 Å². The molecule has 2 rings (SSSR count). The van der Waals surface area contributed by atoms with Crippen LogP contribution in [0.5, 0.6) is 0 Å². The Morgan fingerprint density at radius 1 is 1.42 bits per heavy atom. The third-order valence-electron chi connectivity index (χ3n) is 4.25. The Kier molecular flexibility index (Phi) is 6.11. The Labute approximate surface area is 125 Å². The topological polar surface area (TPSA) is 18.5 Å². The Bertz CT molecular complexity index is 332. The lowest BCUT2D eigenvalue weighted by molar-refractivity contribution is 0.0304. The van der Waals surface area contributed by atoms with Gasteiger partial charge in [0.15, 0.2) is 0 Å². The number of halogens is 1. The molecule has 0 radical (unpaired) electrons. The second-order valence-corrected chi connectivity index (χ2v) is 6.49. The Morgan fingerprint density at radius 3 is 2.84 bits per heavy atom. The van der Waals surface area contributed by atoms with Crippen LogP contribution >= 0.6 is 15.9 Å². The van der Waals surface area contributed by atoms with Gasteiger partial charge in [-0.25, -0.2) is 0 Å². The highest BCUT2D eigenvalue weighted by molar-refractivity contribution is 9.11. The van der Waals surface area contributed by atoms with Crippen LogP contribution in [0.3, 0.4) is 0 Å². The fraction of sp³-hybridized carbons (Fsp3) is 0.750. The van der Waals surface area contributed by atoms with Crippen molar-refractivity contribution in [1.29, 1.82) is 0 Å². The molecule has 0 aromatic carbocycles. The summed E-state index contributed by atoms with van der Waals surface area (Å²) in [5.41, 5.74) is 0. The lowest BCUT2D eigenvalue weighted by Crippen LogP contribution is -2.31. The second kappa shape index (κ2) is 7.61. The molecule has 2 unspecified atom stereocenters. The first-order valence-electron chi connectivity index (χ1n) is 7.45. The molecular weight excluding hydrogens is 304 g/mol. The molecule has 108 valence electrons. The summed E-state index contributed by atoms with van der Waals surface area (Å²) in [6, 6.07) is 0. The molecule has 0 amide bonds. The highest BCUT2D eigenvalue weighted by Crippen LogP contribution is 2.41. The molecule has 1 aliphatic carbocycles. The van der Waals surface area contributed by atoms with Crippen molar-refractivity contribution in [3.05, 3.63) is 22.7 Å². The third-order valence-corrected chi connectivity index (χ3v) is 5.11. The minimum Gasteiger partial charge on any atom is -0.381 e. The average molecular weight is 329 g/mol. The van der Waals surface area contributed by atoms with Gasteiger partial charge in [-0.1, -0.05) is 34.2 Å². The van der Waals surface area contributed by atoms with Crippen LogP contribution in [0.2, 0.25) is 0 Å². The predicted molar refractivity (Wildman–Crippen MR) is 82.4 cm³/mol. The highest BCUT2D eigenvalue weighted by atomic mass is 79.9. The van der Waals surface area contributed by atoms with Gasteiger partial charge >= 0.3 is 0 Å². The molecule has 0 aromatic heterocycles. The molecule has 0 bridgehead atoms. The molecular formula is C16H25BrO2. The normalized spacial score (nSPS) is 30.2. The summed E-state index contributed by atoms with van der Waals surface area (Å²) in [7, 11) is 0. The Hall–Kier alpha value is -0.120. The zero-order valence-corrected chi connectivity index (χ0v) is 13.6. The number of hydrogen-bond acceptors (Lipinski definition) is 2. The zero-order chi connectivity index (χ0) is 13.7. The summed E-state index contributed by atoms with van der Waals surface area (Å²) in [5, 5.41) is 0. The maximum absolute atomic E-state index is 5.73.